The lowest BCUT2D eigenvalue weighted by Gasteiger charge is -2.16. The van der Waals surface area contributed by atoms with Crippen LogP contribution in [0, 0.1) is 12.8 Å². The number of carbonyl (C=O) groups is 1. The molecule has 0 heterocycles. The molecule has 0 amide bonds. The molecule has 0 saturated heterocycles. The van der Waals surface area contributed by atoms with E-state index in [0.717, 1.165) is 5.56 Å². The molecule has 100 valence electrons. The second-order valence-corrected chi connectivity index (χ2v) is 4.17. The Kier molecular flexibility index (Phi) is 5.16. The molecule has 18 heavy (non-hydrogen) atoms. The molecule has 0 fully saturated rings. The van der Waals surface area contributed by atoms with Crippen LogP contribution in [0.5, 0.6) is 11.5 Å². The smallest absolute Gasteiger partial charge is 0.172 e. The molecule has 4 nitrogen and oxygen atoms in total. The van der Waals surface area contributed by atoms with Gasteiger partial charge in [-0.05, 0) is 25.0 Å². The minimum atomic E-state index is -0.383. The van der Waals surface area contributed by atoms with Crippen LogP contribution >= 0.6 is 0 Å². The summed E-state index contributed by atoms with van der Waals surface area (Å²) in [5.74, 6) is 0.671. The number of aryl methyl sites for hydroxylation is 1. The zero-order valence-electron chi connectivity index (χ0n) is 11.3. The first-order valence-corrected chi connectivity index (χ1v) is 5.96. The number of aliphatic hydroxyl groups is 1. The molecule has 1 N–H and O–H groups in total. The second kappa shape index (κ2) is 6.40. The van der Waals surface area contributed by atoms with Crippen molar-refractivity contribution < 1.29 is 19.4 Å². The van der Waals surface area contributed by atoms with Gasteiger partial charge in [0.25, 0.3) is 0 Å². The van der Waals surface area contributed by atoms with E-state index in [2.05, 4.69) is 0 Å². The topological polar surface area (TPSA) is 55.8 Å². The maximum Gasteiger partial charge on any atom is 0.172 e. The molecule has 0 aliphatic heterocycles. The SMILES string of the molecule is CCC(CO)C(=O)c1c(C)cc(OC)cc1OC. The van der Waals surface area contributed by atoms with E-state index in [1.165, 1.54) is 7.11 Å². The van der Waals surface area contributed by atoms with E-state index >= 15 is 0 Å². The fraction of sp³-hybridized carbons (Fsp3) is 0.500. The van der Waals surface area contributed by atoms with E-state index in [-0.39, 0.29) is 18.3 Å². The van der Waals surface area contributed by atoms with E-state index in [9.17, 15) is 9.90 Å². The van der Waals surface area contributed by atoms with Gasteiger partial charge in [0.2, 0.25) is 0 Å². The average Bonchev–Trinajstić information content (AvgIpc) is 2.38. The Bertz CT molecular complexity index is 422. The van der Waals surface area contributed by atoms with Crippen molar-refractivity contribution in [1.82, 2.24) is 0 Å². The molecule has 0 radical (unpaired) electrons. The van der Waals surface area contributed by atoms with Crippen LogP contribution in [0.25, 0.3) is 0 Å². The highest BCUT2D eigenvalue weighted by Crippen LogP contribution is 2.30. The molecule has 0 aromatic heterocycles. The standard InChI is InChI=1S/C14H20O4/c1-5-10(8-15)14(16)13-9(2)6-11(17-3)7-12(13)18-4/h6-7,10,15H,5,8H2,1-4H3. The van der Waals surface area contributed by atoms with Crippen LogP contribution in [0.2, 0.25) is 0 Å². The molecular weight excluding hydrogens is 232 g/mol. The van der Waals surface area contributed by atoms with Crippen molar-refractivity contribution in [2.24, 2.45) is 5.92 Å². The Balaban J connectivity index is 3.26. The summed E-state index contributed by atoms with van der Waals surface area (Å²) < 4.78 is 10.4. The predicted octanol–water partition coefficient (Wildman–Crippen LogP) is 2.21. The van der Waals surface area contributed by atoms with Gasteiger partial charge in [0.05, 0.1) is 26.4 Å². The number of ether oxygens (including phenoxy) is 2. The van der Waals surface area contributed by atoms with Crippen LogP contribution < -0.4 is 9.47 Å². The number of hydrogen-bond acceptors (Lipinski definition) is 4. The van der Waals surface area contributed by atoms with Crippen molar-refractivity contribution in [1.29, 1.82) is 0 Å². The van der Waals surface area contributed by atoms with Crippen molar-refractivity contribution in [3.8, 4) is 11.5 Å². The van der Waals surface area contributed by atoms with Gasteiger partial charge in [-0.2, -0.15) is 0 Å². The Morgan fingerprint density at radius 1 is 1.33 bits per heavy atom. The van der Waals surface area contributed by atoms with Gasteiger partial charge in [0.1, 0.15) is 11.5 Å². The Morgan fingerprint density at radius 2 is 2.00 bits per heavy atom. The number of rotatable bonds is 6. The Morgan fingerprint density at radius 3 is 2.44 bits per heavy atom. The highest BCUT2D eigenvalue weighted by Gasteiger charge is 2.23. The van der Waals surface area contributed by atoms with Crippen LogP contribution in [0.4, 0.5) is 0 Å². The molecule has 0 saturated carbocycles. The van der Waals surface area contributed by atoms with Crippen LogP contribution in [-0.4, -0.2) is 31.7 Å². The monoisotopic (exact) mass is 252 g/mol. The summed E-state index contributed by atoms with van der Waals surface area (Å²) in [4.78, 5) is 12.3. The largest absolute Gasteiger partial charge is 0.497 e. The van der Waals surface area contributed by atoms with E-state index in [1.807, 2.05) is 13.8 Å². The van der Waals surface area contributed by atoms with Crippen LogP contribution in [0.3, 0.4) is 0 Å². The summed E-state index contributed by atoms with van der Waals surface area (Å²) in [6, 6.07) is 3.48. The lowest BCUT2D eigenvalue weighted by Crippen LogP contribution is -2.19. The normalized spacial score (nSPS) is 12.1. The minimum Gasteiger partial charge on any atom is -0.497 e. The zero-order chi connectivity index (χ0) is 13.7. The molecule has 0 spiro atoms. The Hall–Kier alpha value is -1.55. The van der Waals surface area contributed by atoms with Gasteiger partial charge in [-0.3, -0.25) is 4.79 Å². The zero-order valence-corrected chi connectivity index (χ0v) is 11.3. The fourth-order valence-electron chi connectivity index (χ4n) is 1.92. The van der Waals surface area contributed by atoms with Crippen molar-refractivity contribution in [2.45, 2.75) is 20.3 Å². The van der Waals surface area contributed by atoms with Gasteiger partial charge in [-0.15, -0.1) is 0 Å². The molecular formula is C14H20O4. The third-order valence-corrected chi connectivity index (χ3v) is 3.06. The first-order valence-electron chi connectivity index (χ1n) is 5.96. The van der Waals surface area contributed by atoms with Gasteiger partial charge in [0, 0.05) is 12.0 Å². The summed E-state index contributed by atoms with van der Waals surface area (Å²) in [5.41, 5.74) is 1.32. The number of carbonyl (C=O) groups excluding carboxylic acids is 1. The Labute approximate surface area is 108 Å². The molecule has 1 rings (SSSR count). The fourth-order valence-corrected chi connectivity index (χ4v) is 1.92. The minimum absolute atomic E-state index is 0.0861. The quantitative estimate of drug-likeness (QED) is 0.789. The van der Waals surface area contributed by atoms with Crippen molar-refractivity contribution in [3.05, 3.63) is 23.3 Å². The number of Topliss-reactive ketones (excluding diaryl/α,β-unsaturated/α-hetero) is 1. The highest BCUT2D eigenvalue weighted by atomic mass is 16.5. The molecule has 1 unspecified atom stereocenters. The van der Waals surface area contributed by atoms with Crippen molar-refractivity contribution >= 4 is 5.78 Å². The van der Waals surface area contributed by atoms with E-state index < -0.39 is 0 Å². The van der Waals surface area contributed by atoms with Gasteiger partial charge >= 0.3 is 0 Å². The molecule has 1 aromatic rings. The third-order valence-electron chi connectivity index (χ3n) is 3.06. The van der Waals surface area contributed by atoms with Gasteiger partial charge < -0.3 is 14.6 Å². The summed E-state index contributed by atoms with van der Waals surface area (Å²) in [6.07, 6.45) is 0.601. The van der Waals surface area contributed by atoms with E-state index in [0.29, 0.717) is 23.5 Å². The predicted molar refractivity (Wildman–Crippen MR) is 69.5 cm³/mol. The second-order valence-electron chi connectivity index (χ2n) is 4.17. The van der Waals surface area contributed by atoms with Gasteiger partial charge in [-0.25, -0.2) is 0 Å². The van der Waals surface area contributed by atoms with Gasteiger partial charge in [-0.1, -0.05) is 6.92 Å². The molecule has 0 bridgehead atoms. The maximum atomic E-state index is 12.3. The van der Waals surface area contributed by atoms with Crippen LogP contribution in [-0.2, 0) is 0 Å². The number of methoxy groups -OCH3 is 2. The van der Waals surface area contributed by atoms with Gasteiger partial charge in [0.15, 0.2) is 5.78 Å². The highest BCUT2D eigenvalue weighted by molar-refractivity contribution is 6.01. The first kappa shape index (κ1) is 14.5. The summed E-state index contributed by atoms with van der Waals surface area (Å²) in [7, 11) is 3.09. The van der Waals surface area contributed by atoms with E-state index in [1.54, 1.807) is 19.2 Å². The maximum absolute atomic E-state index is 12.3. The molecule has 0 aliphatic carbocycles. The lowest BCUT2D eigenvalue weighted by molar-refractivity contribution is 0.0852. The van der Waals surface area contributed by atoms with Crippen LogP contribution in [0.15, 0.2) is 12.1 Å². The number of hydrogen-bond donors (Lipinski definition) is 1. The summed E-state index contributed by atoms with van der Waals surface area (Å²) >= 11 is 0. The van der Waals surface area contributed by atoms with Crippen molar-refractivity contribution in [3.63, 3.8) is 0 Å². The number of benzene rings is 1. The average molecular weight is 252 g/mol. The van der Waals surface area contributed by atoms with E-state index in [4.69, 9.17) is 9.47 Å². The van der Waals surface area contributed by atoms with Crippen LogP contribution in [0.1, 0.15) is 29.3 Å². The number of aliphatic hydroxyl groups excluding tert-OH is 1. The molecule has 4 heteroatoms. The molecule has 1 atom stereocenters. The van der Waals surface area contributed by atoms with Crippen molar-refractivity contribution in [2.75, 3.05) is 20.8 Å². The lowest BCUT2D eigenvalue weighted by atomic mass is 9.92. The first-order chi connectivity index (χ1) is 8.58. The third kappa shape index (κ3) is 2.82. The molecule has 0 aliphatic rings. The molecule has 1 aromatic carbocycles. The summed E-state index contributed by atoms with van der Waals surface area (Å²) in [5, 5.41) is 9.23. The summed E-state index contributed by atoms with van der Waals surface area (Å²) in [6.45, 7) is 3.57. The number of ketones is 1.